The Morgan fingerprint density at radius 3 is 2.48 bits per heavy atom. The molecule has 2 unspecified atom stereocenters. The van der Waals surface area contributed by atoms with E-state index in [1.54, 1.807) is 0 Å². The fraction of sp³-hybridized carbons (Fsp3) is 0.474. The van der Waals surface area contributed by atoms with Crippen LogP contribution in [0.1, 0.15) is 54.5 Å². The second kappa shape index (κ2) is 8.35. The lowest BCUT2D eigenvalue weighted by molar-refractivity contribution is 0.423. The zero-order chi connectivity index (χ0) is 15.1. The van der Waals surface area contributed by atoms with Gasteiger partial charge in [0.25, 0.3) is 0 Å². The van der Waals surface area contributed by atoms with Gasteiger partial charge in [0.15, 0.2) is 0 Å². The fourth-order valence-electron chi connectivity index (χ4n) is 2.74. The maximum absolute atomic E-state index is 3.83. The Bertz CT molecular complexity index is 517. The highest BCUT2D eigenvalue weighted by Crippen LogP contribution is 2.22. The van der Waals surface area contributed by atoms with E-state index in [0.717, 1.165) is 6.42 Å². The lowest BCUT2D eigenvalue weighted by Crippen LogP contribution is -2.32. The second-order valence-corrected chi connectivity index (χ2v) is 7.26. The van der Waals surface area contributed by atoms with E-state index in [0.29, 0.717) is 12.1 Å². The first-order valence-corrected chi connectivity index (χ1v) is 8.87. The van der Waals surface area contributed by atoms with E-state index in [-0.39, 0.29) is 0 Å². The molecule has 0 bridgehead atoms. The van der Waals surface area contributed by atoms with Crippen LogP contribution in [0.25, 0.3) is 0 Å². The lowest BCUT2D eigenvalue weighted by Gasteiger charge is -2.23. The highest BCUT2D eigenvalue weighted by molar-refractivity contribution is 7.11. The van der Waals surface area contributed by atoms with Gasteiger partial charge in [0.1, 0.15) is 0 Å². The van der Waals surface area contributed by atoms with Crippen LogP contribution in [-0.4, -0.2) is 6.04 Å². The molecule has 0 saturated carbocycles. The largest absolute Gasteiger partial charge is 0.307 e. The molecule has 2 atom stereocenters. The van der Waals surface area contributed by atoms with Crippen molar-refractivity contribution in [2.75, 3.05) is 0 Å². The Labute approximate surface area is 133 Å². The minimum absolute atomic E-state index is 0.474. The van der Waals surface area contributed by atoms with Crippen LogP contribution in [0, 0.1) is 6.92 Å². The van der Waals surface area contributed by atoms with E-state index >= 15 is 0 Å². The van der Waals surface area contributed by atoms with Crippen LogP contribution in [0.4, 0.5) is 0 Å². The van der Waals surface area contributed by atoms with Crippen LogP contribution in [0.2, 0.25) is 0 Å². The third-order valence-corrected chi connectivity index (χ3v) is 4.86. The third-order valence-electron chi connectivity index (χ3n) is 3.84. The van der Waals surface area contributed by atoms with Gasteiger partial charge in [-0.05, 0) is 44.4 Å². The van der Waals surface area contributed by atoms with Crippen molar-refractivity contribution in [2.24, 2.45) is 0 Å². The van der Waals surface area contributed by atoms with Crippen LogP contribution in [0.3, 0.4) is 0 Å². The Morgan fingerprint density at radius 2 is 1.86 bits per heavy atom. The highest BCUT2D eigenvalue weighted by atomic mass is 32.1. The zero-order valence-electron chi connectivity index (χ0n) is 13.4. The maximum atomic E-state index is 3.83. The standard InChI is InChI=1S/C19H27NS/c1-4-5-11-19(17-9-7-6-8-10-17)20-15(2)14-18-13-12-16(3)21-18/h6-10,12-13,15,19-20H,4-5,11,14H2,1-3H3. The molecule has 1 aromatic heterocycles. The smallest absolute Gasteiger partial charge is 0.0322 e. The van der Waals surface area contributed by atoms with Gasteiger partial charge in [-0.2, -0.15) is 0 Å². The summed E-state index contributed by atoms with van der Waals surface area (Å²) < 4.78 is 0. The van der Waals surface area contributed by atoms with E-state index in [1.807, 2.05) is 11.3 Å². The van der Waals surface area contributed by atoms with E-state index in [9.17, 15) is 0 Å². The molecular formula is C19H27NS. The quantitative estimate of drug-likeness (QED) is 0.678. The van der Waals surface area contributed by atoms with Crippen LogP contribution >= 0.6 is 11.3 Å². The Kier molecular flexibility index (Phi) is 6.47. The van der Waals surface area contributed by atoms with E-state index < -0.39 is 0 Å². The molecule has 2 rings (SSSR count). The van der Waals surface area contributed by atoms with Gasteiger partial charge < -0.3 is 5.32 Å². The van der Waals surface area contributed by atoms with Gasteiger partial charge in [0, 0.05) is 21.8 Å². The molecule has 2 aromatic rings. The summed E-state index contributed by atoms with van der Waals surface area (Å²) in [5.74, 6) is 0. The van der Waals surface area contributed by atoms with Gasteiger partial charge in [-0.1, -0.05) is 50.1 Å². The molecular weight excluding hydrogens is 274 g/mol. The number of rotatable bonds is 8. The van der Waals surface area contributed by atoms with Crippen molar-refractivity contribution in [3.63, 3.8) is 0 Å². The van der Waals surface area contributed by atoms with Gasteiger partial charge in [-0.25, -0.2) is 0 Å². The van der Waals surface area contributed by atoms with Crippen molar-refractivity contribution in [1.82, 2.24) is 5.32 Å². The molecule has 1 heterocycles. The minimum Gasteiger partial charge on any atom is -0.307 e. The minimum atomic E-state index is 0.474. The van der Waals surface area contributed by atoms with Crippen LogP contribution in [0.15, 0.2) is 42.5 Å². The lowest BCUT2D eigenvalue weighted by atomic mass is 10.00. The molecule has 0 saturated heterocycles. The van der Waals surface area contributed by atoms with E-state index in [4.69, 9.17) is 0 Å². The average Bonchev–Trinajstić information content (AvgIpc) is 2.89. The molecule has 0 spiro atoms. The molecule has 2 heteroatoms. The molecule has 0 amide bonds. The van der Waals surface area contributed by atoms with Crippen LogP contribution in [0.5, 0.6) is 0 Å². The number of thiophene rings is 1. The molecule has 0 aliphatic rings. The highest BCUT2D eigenvalue weighted by Gasteiger charge is 2.14. The second-order valence-electron chi connectivity index (χ2n) is 5.89. The fourth-order valence-corrected chi connectivity index (χ4v) is 3.76. The molecule has 1 aromatic carbocycles. The first kappa shape index (κ1) is 16.3. The Morgan fingerprint density at radius 1 is 1.10 bits per heavy atom. The number of aryl methyl sites for hydroxylation is 1. The molecule has 0 fully saturated rings. The average molecular weight is 301 g/mol. The van der Waals surface area contributed by atoms with Gasteiger partial charge in [-0.15, -0.1) is 11.3 Å². The van der Waals surface area contributed by atoms with Crippen LogP contribution in [-0.2, 0) is 6.42 Å². The number of hydrogen-bond donors (Lipinski definition) is 1. The van der Waals surface area contributed by atoms with Crippen molar-refractivity contribution >= 4 is 11.3 Å². The summed E-state index contributed by atoms with van der Waals surface area (Å²) in [7, 11) is 0. The summed E-state index contributed by atoms with van der Waals surface area (Å²) in [5.41, 5.74) is 1.42. The maximum Gasteiger partial charge on any atom is 0.0322 e. The van der Waals surface area contributed by atoms with Crippen molar-refractivity contribution in [2.45, 2.75) is 58.5 Å². The van der Waals surface area contributed by atoms with Gasteiger partial charge >= 0.3 is 0 Å². The van der Waals surface area contributed by atoms with E-state index in [1.165, 1.54) is 34.6 Å². The molecule has 1 N–H and O–H groups in total. The Balaban J connectivity index is 1.97. The molecule has 0 aliphatic heterocycles. The zero-order valence-corrected chi connectivity index (χ0v) is 14.2. The van der Waals surface area contributed by atoms with Crippen molar-refractivity contribution in [3.05, 3.63) is 57.8 Å². The van der Waals surface area contributed by atoms with Gasteiger partial charge in [-0.3, -0.25) is 0 Å². The summed E-state index contributed by atoms with van der Waals surface area (Å²) in [6, 6.07) is 16.3. The normalized spacial score (nSPS) is 14.0. The Hall–Kier alpha value is -1.12. The topological polar surface area (TPSA) is 12.0 Å². The first-order chi connectivity index (χ1) is 10.2. The predicted molar refractivity (Wildman–Crippen MR) is 94.1 cm³/mol. The summed E-state index contributed by atoms with van der Waals surface area (Å²) >= 11 is 1.92. The number of hydrogen-bond acceptors (Lipinski definition) is 2. The van der Waals surface area contributed by atoms with Crippen molar-refractivity contribution in [1.29, 1.82) is 0 Å². The molecule has 0 radical (unpaired) electrons. The van der Waals surface area contributed by atoms with Crippen LogP contribution < -0.4 is 5.32 Å². The summed E-state index contributed by atoms with van der Waals surface area (Å²) in [5, 5.41) is 3.83. The SMILES string of the molecule is CCCCC(NC(C)Cc1ccc(C)s1)c1ccccc1. The molecule has 114 valence electrons. The van der Waals surface area contributed by atoms with E-state index in [2.05, 4.69) is 68.6 Å². The number of nitrogens with one attached hydrogen (secondary N) is 1. The van der Waals surface area contributed by atoms with Crippen molar-refractivity contribution in [3.8, 4) is 0 Å². The molecule has 1 nitrogen and oxygen atoms in total. The number of unbranched alkanes of at least 4 members (excludes halogenated alkanes) is 1. The predicted octanol–water partition coefficient (Wildman–Crippen LogP) is 5.51. The monoisotopic (exact) mass is 301 g/mol. The number of benzene rings is 1. The molecule has 21 heavy (non-hydrogen) atoms. The first-order valence-electron chi connectivity index (χ1n) is 8.05. The van der Waals surface area contributed by atoms with Crippen molar-refractivity contribution < 1.29 is 0 Å². The third kappa shape index (κ3) is 5.29. The van der Waals surface area contributed by atoms with Gasteiger partial charge in [0.2, 0.25) is 0 Å². The summed E-state index contributed by atoms with van der Waals surface area (Å²) in [6.07, 6.45) is 4.86. The summed E-state index contributed by atoms with van der Waals surface area (Å²) in [6.45, 7) is 6.75. The van der Waals surface area contributed by atoms with Gasteiger partial charge in [0.05, 0.1) is 0 Å². The summed E-state index contributed by atoms with van der Waals surface area (Å²) in [4.78, 5) is 2.89. The molecule has 0 aliphatic carbocycles.